The molecule has 3 aromatic rings. The van der Waals surface area contributed by atoms with Crippen LogP contribution in [0.3, 0.4) is 0 Å². The van der Waals surface area contributed by atoms with Gasteiger partial charge in [-0.1, -0.05) is 24.6 Å². The van der Waals surface area contributed by atoms with Gasteiger partial charge in [0.05, 0.1) is 29.5 Å². The Hall–Kier alpha value is -3.39. The van der Waals surface area contributed by atoms with E-state index in [1.54, 1.807) is 16.7 Å². The predicted octanol–water partition coefficient (Wildman–Crippen LogP) is 3.84. The monoisotopic (exact) mass is 560 g/mol. The minimum atomic E-state index is -5.57. The van der Waals surface area contributed by atoms with Crippen molar-refractivity contribution in [3.8, 4) is 0 Å². The number of amides is 1. The molecule has 0 atom stereocenters. The molecule has 2 aromatic heterocycles. The number of hydrogen-bond donors (Lipinski definition) is 1. The van der Waals surface area contributed by atoms with E-state index < -0.39 is 33.8 Å². The molecule has 1 N–H and O–H groups in total. The van der Waals surface area contributed by atoms with E-state index in [0.717, 1.165) is 16.6 Å². The van der Waals surface area contributed by atoms with E-state index in [0.29, 0.717) is 40.4 Å². The number of nitrogens with zero attached hydrogens (tertiary/aromatic N) is 5. The number of benzene rings is 1. The van der Waals surface area contributed by atoms with Crippen molar-refractivity contribution in [1.29, 1.82) is 0 Å². The summed E-state index contributed by atoms with van der Waals surface area (Å²) in [5.74, 6) is -1.18. The highest BCUT2D eigenvalue weighted by Gasteiger charge is 2.50. The molecule has 1 aliphatic rings. The quantitative estimate of drug-likeness (QED) is 0.462. The summed E-state index contributed by atoms with van der Waals surface area (Å²) >= 11 is 6.15. The van der Waals surface area contributed by atoms with Crippen LogP contribution >= 0.6 is 11.6 Å². The Labute approximate surface area is 214 Å². The first-order valence-corrected chi connectivity index (χ1v) is 12.8. The number of anilines is 1. The van der Waals surface area contributed by atoms with Crippen molar-refractivity contribution in [2.45, 2.75) is 32.3 Å². The van der Waals surface area contributed by atoms with Gasteiger partial charge in [0.1, 0.15) is 23.5 Å². The van der Waals surface area contributed by atoms with Crippen LogP contribution in [0.4, 0.5) is 23.2 Å². The van der Waals surface area contributed by atoms with Gasteiger partial charge >= 0.3 is 15.5 Å². The van der Waals surface area contributed by atoms with Gasteiger partial charge in [0, 0.05) is 12.7 Å². The zero-order valence-corrected chi connectivity index (χ0v) is 21.1. The van der Waals surface area contributed by atoms with Gasteiger partial charge in [-0.05, 0) is 42.7 Å². The lowest BCUT2D eigenvalue weighted by atomic mass is 10.1. The first kappa shape index (κ1) is 26.7. The molecule has 0 bridgehead atoms. The summed E-state index contributed by atoms with van der Waals surface area (Å²) in [5, 5.41) is 7.88. The summed E-state index contributed by atoms with van der Waals surface area (Å²) in [5.41, 5.74) is -2.81. The predicted molar refractivity (Wildman–Crippen MR) is 129 cm³/mol. The number of alkyl halides is 3. The number of pyridine rings is 1. The number of fused-ring (bicyclic) bond motifs is 1. The van der Waals surface area contributed by atoms with Crippen molar-refractivity contribution in [2.24, 2.45) is 5.10 Å². The van der Waals surface area contributed by atoms with E-state index >= 15 is 0 Å². The van der Waals surface area contributed by atoms with Gasteiger partial charge in [-0.2, -0.15) is 26.7 Å². The molecule has 1 aliphatic heterocycles. The van der Waals surface area contributed by atoms with E-state index in [4.69, 9.17) is 11.6 Å². The molecule has 0 spiro atoms. The lowest BCUT2D eigenvalue weighted by Crippen LogP contribution is -2.46. The second kappa shape index (κ2) is 9.82. The maximum absolute atomic E-state index is 14.8. The number of hydrogen-bond acceptors (Lipinski definition) is 6. The van der Waals surface area contributed by atoms with E-state index in [1.165, 1.54) is 12.1 Å². The SMILES string of the molecule is CCc1nc2c(C)cc(Cl)cn2c1C(=O)NCc1ccc(N2CCN(S(=O)(=O)C(F)(F)F)C=N2)c(F)c1. The number of aryl methyl sites for hydroxylation is 2. The van der Waals surface area contributed by atoms with Crippen molar-refractivity contribution in [1.82, 2.24) is 19.0 Å². The number of aromatic nitrogens is 2. The molecule has 15 heteroatoms. The molecule has 1 aromatic carbocycles. The number of carbonyl (C=O) groups is 1. The Bertz CT molecular complexity index is 1510. The number of imidazole rings is 1. The normalized spacial score (nSPS) is 14.5. The van der Waals surface area contributed by atoms with Gasteiger partial charge in [0.2, 0.25) is 0 Å². The van der Waals surface area contributed by atoms with Crippen LogP contribution in [0.15, 0.2) is 35.6 Å². The molecule has 37 heavy (non-hydrogen) atoms. The maximum atomic E-state index is 14.8. The summed E-state index contributed by atoms with van der Waals surface area (Å²) in [6, 6.07) is 5.76. The van der Waals surface area contributed by atoms with Crippen molar-refractivity contribution in [2.75, 3.05) is 18.1 Å². The second-order valence-corrected chi connectivity index (χ2v) is 10.5. The molecule has 0 saturated heterocycles. The Morgan fingerprint density at radius 1 is 1.22 bits per heavy atom. The zero-order valence-electron chi connectivity index (χ0n) is 19.6. The van der Waals surface area contributed by atoms with Crippen LogP contribution in [0.5, 0.6) is 0 Å². The fourth-order valence-corrected chi connectivity index (χ4v) is 4.88. The molecule has 0 fully saturated rings. The van der Waals surface area contributed by atoms with E-state index in [9.17, 15) is 30.8 Å². The molecule has 3 heterocycles. The van der Waals surface area contributed by atoms with Gasteiger partial charge in [0.25, 0.3) is 5.91 Å². The number of halogens is 5. The van der Waals surface area contributed by atoms with E-state index in [-0.39, 0.29) is 23.1 Å². The van der Waals surface area contributed by atoms with Crippen LogP contribution < -0.4 is 10.3 Å². The Morgan fingerprint density at radius 3 is 2.54 bits per heavy atom. The van der Waals surface area contributed by atoms with Crippen LogP contribution in [0, 0.1) is 12.7 Å². The summed E-state index contributed by atoms with van der Waals surface area (Å²) in [7, 11) is -5.57. The molecule has 1 amide bonds. The van der Waals surface area contributed by atoms with Crippen LogP contribution in [0.1, 0.15) is 34.2 Å². The third kappa shape index (κ3) is 5.07. The standard InChI is InChI=1S/C22H21ClF4N6O3S/c1-3-17-19(32-11-15(23)8-13(2)20(32)30-17)21(34)28-10-14-4-5-18(16(24)9-14)33-7-6-31(12-29-33)37(35,36)22(25,26)27/h4-5,8-9,11-12H,3,6-7,10H2,1-2H3,(H,28,34). The average molecular weight is 561 g/mol. The first-order chi connectivity index (χ1) is 17.3. The summed E-state index contributed by atoms with van der Waals surface area (Å²) in [4.78, 5) is 17.5. The van der Waals surface area contributed by atoms with Crippen molar-refractivity contribution < 1.29 is 30.8 Å². The zero-order chi connectivity index (χ0) is 27.1. The van der Waals surface area contributed by atoms with Gasteiger partial charge < -0.3 is 5.32 Å². The number of hydrazone groups is 1. The van der Waals surface area contributed by atoms with Crippen molar-refractivity contribution in [3.63, 3.8) is 0 Å². The van der Waals surface area contributed by atoms with Crippen molar-refractivity contribution in [3.05, 3.63) is 63.8 Å². The molecule has 0 saturated carbocycles. The highest BCUT2D eigenvalue weighted by molar-refractivity contribution is 7.90. The summed E-state index contributed by atoms with van der Waals surface area (Å²) < 4.78 is 77.6. The van der Waals surface area contributed by atoms with E-state index in [2.05, 4.69) is 15.4 Å². The third-order valence-corrected chi connectivity index (χ3v) is 7.38. The van der Waals surface area contributed by atoms with Gasteiger partial charge in [0.15, 0.2) is 0 Å². The molecular formula is C22H21ClF4N6O3S. The number of carbonyl (C=O) groups excluding carboxylic acids is 1. The molecule has 0 radical (unpaired) electrons. The fraction of sp³-hybridized carbons (Fsp3) is 0.318. The minimum absolute atomic E-state index is 0.0210. The molecule has 198 valence electrons. The third-order valence-electron chi connectivity index (χ3n) is 5.69. The molecule has 4 rings (SSSR count). The molecule has 9 nitrogen and oxygen atoms in total. The maximum Gasteiger partial charge on any atom is 0.516 e. The average Bonchev–Trinajstić information content (AvgIpc) is 3.21. The fourth-order valence-electron chi connectivity index (χ4n) is 3.86. The number of rotatable bonds is 6. The Morgan fingerprint density at radius 2 is 1.95 bits per heavy atom. The summed E-state index contributed by atoms with van der Waals surface area (Å²) in [6.45, 7) is 2.82. The smallest absolute Gasteiger partial charge is 0.347 e. The van der Waals surface area contributed by atoms with E-state index in [1.807, 2.05) is 13.8 Å². The Balaban J connectivity index is 1.48. The molecule has 0 aliphatic carbocycles. The lowest BCUT2D eigenvalue weighted by Gasteiger charge is -2.29. The lowest BCUT2D eigenvalue weighted by molar-refractivity contribution is -0.0471. The Kier molecular flexibility index (Phi) is 7.08. The van der Waals surface area contributed by atoms with Gasteiger partial charge in [-0.3, -0.25) is 14.2 Å². The van der Waals surface area contributed by atoms with Crippen LogP contribution in [-0.2, 0) is 23.0 Å². The molecule has 0 unspecified atom stereocenters. The number of sulfonamides is 1. The van der Waals surface area contributed by atoms with Crippen molar-refractivity contribution >= 4 is 45.2 Å². The summed E-state index contributed by atoms with van der Waals surface area (Å²) in [6.07, 6.45) is 2.59. The van der Waals surface area contributed by atoms with Crippen LogP contribution in [0.2, 0.25) is 5.02 Å². The second-order valence-electron chi connectivity index (χ2n) is 8.18. The topological polar surface area (TPSA) is 99.4 Å². The van der Waals surface area contributed by atoms with Crippen LogP contribution in [-0.4, -0.2) is 53.0 Å². The minimum Gasteiger partial charge on any atom is -0.347 e. The van der Waals surface area contributed by atoms with Gasteiger partial charge in [-0.15, -0.1) is 0 Å². The number of nitrogens with one attached hydrogen (secondary N) is 1. The van der Waals surface area contributed by atoms with Crippen LogP contribution in [0.25, 0.3) is 5.65 Å². The first-order valence-electron chi connectivity index (χ1n) is 11.0. The highest BCUT2D eigenvalue weighted by Crippen LogP contribution is 2.28. The molecular weight excluding hydrogens is 540 g/mol. The van der Waals surface area contributed by atoms with Gasteiger partial charge in [-0.25, -0.2) is 13.7 Å². The highest BCUT2D eigenvalue weighted by atomic mass is 35.5. The largest absolute Gasteiger partial charge is 0.516 e.